The second-order valence-electron chi connectivity index (χ2n) is 2.37. The highest BCUT2D eigenvalue weighted by Crippen LogP contribution is 2.17. The zero-order valence-corrected chi connectivity index (χ0v) is 8.12. The van der Waals surface area contributed by atoms with Gasteiger partial charge in [0.2, 0.25) is 0 Å². The van der Waals surface area contributed by atoms with Gasteiger partial charge < -0.3 is 5.32 Å². The summed E-state index contributed by atoms with van der Waals surface area (Å²) in [5.41, 5.74) is 0.913. The molecular weight excluding hydrogens is 234 g/mol. The number of hydrogen-bond acceptors (Lipinski definition) is 4. The van der Waals surface area contributed by atoms with Crippen molar-refractivity contribution in [2.45, 2.75) is 0 Å². The Morgan fingerprint density at radius 2 is 2.31 bits per heavy atom. The third kappa shape index (κ3) is 2.03. The fraction of sp³-hybridized carbons (Fsp3) is 0. The van der Waals surface area contributed by atoms with Gasteiger partial charge in [-0.05, 0) is 23.4 Å². The standard InChI is InChI=1S/C7H6BrN5/c8-5-2-1-3-6(4-5)9-7-10-12-13-11-7/h1-4H,(H2,9,10,11,12,13). The number of rotatable bonds is 2. The molecule has 2 aromatic rings. The maximum Gasteiger partial charge on any atom is 0.267 e. The van der Waals surface area contributed by atoms with Crippen LogP contribution in [-0.2, 0) is 0 Å². The van der Waals surface area contributed by atoms with Gasteiger partial charge in [0.05, 0.1) is 0 Å². The minimum absolute atomic E-state index is 0.457. The van der Waals surface area contributed by atoms with Crippen LogP contribution < -0.4 is 5.32 Å². The van der Waals surface area contributed by atoms with E-state index in [1.807, 2.05) is 24.3 Å². The summed E-state index contributed by atoms with van der Waals surface area (Å²) >= 11 is 3.36. The van der Waals surface area contributed by atoms with E-state index in [4.69, 9.17) is 0 Å². The van der Waals surface area contributed by atoms with Crippen LogP contribution in [0.4, 0.5) is 11.6 Å². The molecule has 1 aromatic heterocycles. The summed E-state index contributed by atoms with van der Waals surface area (Å²) in [7, 11) is 0. The molecule has 0 amide bonds. The lowest BCUT2D eigenvalue weighted by Gasteiger charge is -2.00. The van der Waals surface area contributed by atoms with Crippen LogP contribution in [0.3, 0.4) is 0 Å². The van der Waals surface area contributed by atoms with E-state index in [0.29, 0.717) is 5.95 Å². The maximum atomic E-state index is 3.77. The van der Waals surface area contributed by atoms with Crippen molar-refractivity contribution >= 4 is 27.6 Å². The van der Waals surface area contributed by atoms with Crippen LogP contribution in [0.25, 0.3) is 0 Å². The predicted octanol–water partition coefficient (Wildman–Crippen LogP) is 1.71. The van der Waals surface area contributed by atoms with E-state index in [9.17, 15) is 0 Å². The quantitative estimate of drug-likeness (QED) is 0.838. The Balaban J connectivity index is 2.19. The van der Waals surface area contributed by atoms with Crippen molar-refractivity contribution in [1.82, 2.24) is 20.6 Å². The summed E-state index contributed by atoms with van der Waals surface area (Å²) in [6, 6.07) is 7.71. The van der Waals surface area contributed by atoms with E-state index in [2.05, 4.69) is 41.9 Å². The fourth-order valence-corrected chi connectivity index (χ4v) is 1.31. The normalized spacial score (nSPS) is 9.92. The summed E-state index contributed by atoms with van der Waals surface area (Å²) in [6.07, 6.45) is 0. The average molecular weight is 240 g/mol. The van der Waals surface area contributed by atoms with E-state index in [-0.39, 0.29) is 0 Å². The molecule has 5 nitrogen and oxygen atoms in total. The molecule has 0 radical (unpaired) electrons. The van der Waals surface area contributed by atoms with Crippen molar-refractivity contribution < 1.29 is 0 Å². The molecule has 0 atom stereocenters. The highest BCUT2D eigenvalue weighted by Gasteiger charge is 1.97. The van der Waals surface area contributed by atoms with Gasteiger partial charge in [0, 0.05) is 10.2 Å². The van der Waals surface area contributed by atoms with Crippen LogP contribution in [0.1, 0.15) is 0 Å². The minimum Gasteiger partial charge on any atom is -0.322 e. The predicted molar refractivity (Wildman–Crippen MR) is 51.6 cm³/mol. The van der Waals surface area contributed by atoms with Crippen molar-refractivity contribution in [1.29, 1.82) is 0 Å². The molecule has 2 rings (SSSR count). The van der Waals surface area contributed by atoms with Crippen LogP contribution >= 0.6 is 15.9 Å². The third-order valence-electron chi connectivity index (χ3n) is 1.43. The molecule has 0 aliphatic rings. The minimum atomic E-state index is 0.457. The lowest BCUT2D eigenvalue weighted by atomic mass is 10.3. The van der Waals surface area contributed by atoms with Gasteiger partial charge in [0.1, 0.15) is 0 Å². The lowest BCUT2D eigenvalue weighted by Crippen LogP contribution is -1.91. The molecule has 0 saturated heterocycles. The van der Waals surface area contributed by atoms with Crippen molar-refractivity contribution in [3.05, 3.63) is 28.7 Å². The number of tetrazole rings is 1. The number of hydrogen-bond donors (Lipinski definition) is 2. The van der Waals surface area contributed by atoms with Gasteiger partial charge in [-0.15, -0.1) is 5.10 Å². The Labute approximate surface area is 82.7 Å². The molecule has 66 valence electrons. The van der Waals surface area contributed by atoms with E-state index in [0.717, 1.165) is 10.2 Å². The van der Waals surface area contributed by atoms with Crippen LogP contribution in [0.2, 0.25) is 0 Å². The Hall–Kier alpha value is -1.43. The number of halogens is 1. The molecule has 0 aliphatic heterocycles. The first-order valence-corrected chi connectivity index (χ1v) is 4.40. The van der Waals surface area contributed by atoms with Gasteiger partial charge in [-0.1, -0.05) is 27.1 Å². The first kappa shape index (κ1) is 8.18. The third-order valence-corrected chi connectivity index (χ3v) is 1.92. The second kappa shape index (κ2) is 3.53. The summed E-state index contributed by atoms with van der Waals surface area (Å²) in [4.78, 5) is 0. The zero-order chi connectivity index (χ0) is 9.10. The highest BCUT2D eigenvalue weighted by molar-refractivity contribution is 9.10. The largest absolute Gasteiger partial charge is 0.322 e. The zero-order valence-electron chi connectivity index (χ0n) is 6.53. The van der Waals surface area contributed by atoms with Gasteiger partial charge in [-0.25, -0.2) is 0 Å². The van der Waals surface area contributed by atoms with Gasteiger partial charge in [0.25, 0.3) is 5.95 Å². The van der Waals surface area contributed by atoms with E-state index in [1.165, 1.54) is 0 Å². The molecule has 0 unspecified atom stereocenters. The number of anilines is 2. The molecule has 13 heavy (non-hydrogen) atoms. The van der Waals surface area contributed by atoms with Crippen molar-refractivity contribution in [3.8, 4) is 0 Å². The Morgan fingerprint density at radius 1 is 1.38 bits per heavy atom. The molecule has 1 heterocycles. The summed E-state index contributed by atoms with van der Waals surface area (Å²) in [5.74, 6) is 0.457. The first-order chi connectivity index (χ1) is 6.34. The molecule has 0 fully saturated rings. The maximum absolute atomic E-state index is 3.77. The number of aromatic nitrogens is 4. The van der Waals surface area contributed by atoms with Crippen LogP contribution in [0.15, 0.2) is 28.7 Å². The van der Waals surface area contributed by atoms with Gasteiger partial charge >= 0.3 is 0 Å². The van der Waals surface area contributed by atoms with Gasteiger partial charge in [-0.3, -0.25) is 0 Å². The Kier molecular flexibility index (Phi) is 2.22. The highest BCUT2D eigenvalue weighted by atomic mass is 79.9. The number of aromatic amines is 1. The topological polar surface area (TPSA) is 66.5 Å². The number of H-pyrrole nitrogens is 1. The van der Waals surface area contributed by atoms with Gasteiger partial charge in [0.15, 0.2) is 0 Å². The Bertz CT molecular complexity index is 386. The summed E-state index contributed by atoms with van der Waals surface area (Å²) < 4.78 is 1.00. The van der Waals surface area contributed by atoms with Crippen LogP contribution in [-0.4, -0.2) is 20.6 Å². The molecule has 6 heteroatoms. The smallest absolute Gasteiger partial charge is 0.267 e. The van der Waals surface area contributed by atoms with Gasteiger partial charge in [-0.2, -0.15) is 5.21 Å². The lowest BCUT2D eigenvalue weighted by molar-refractivity contribution is 0.881. The van der Waals surface area contributed by atoms with E-state index < -0.39 is 0 Å². The molecule has 0 bridgehead atoms. The van der Waals surface area contributed by atoms with Crippen LogP contribution in [0.5, 0.6) is 0 Å². The molecular formula is C7H6BrN5. The molecule has 0 saturated carbocycles. The Morgan fingerprint density at radius 3 is 3.00 bits per heavy atom. The van der Waals surface area contributed by atoms with E-state index >= 15 is 0 Å². The van der Waals surface area contributed by atoms with Crippen molar-refractivity contribution in [3.63, 3.8) is 0 Å². The summed E-state index contributed by atoms with van der Waals surface area (Å²) in [6.45, 7) is 0. The fourth-order valence-electron chi connectivity index (χ4n) is 0.910. The van der Waals surface area contributed by atoms with Crippen molar-refractivity contribution in [2.75, 3.05) is 5.32 Å². The monoisotopic (exact) mass is 239 g/mol. The van der Waals surface area contributed by atoms with E-state index in [1.54, 1.807) is 0 Å². The molecule has 0 aliphatic carbocycles. The number of nitrogens with zero attached hydrogens (tertiary/aromatic N) is 3. The number of nitrogens with one attached hydrogen (secondary N) is 2. The van der Waals surface area contributed by atoms with Crippen molar-refractivity contribution in [2.24, 2.45) is 0 Å². The molecule has 0 spiro atoms. The SMILES string of the molecule is Brc1cccc(Nc2nn[nH]n2)c1. The summed E-state index contributed by atoms with van der Waals surface area (Å²) in [5, 5.41) is 16.3. The second-order valence-corrected chi connectivity index (χ2v) is 3.29. The average Bonchev–Trinajstić information content (AvgIpc) is 2.57. The molecule has 1 aromatic carbocycles. The van der Waals surface area contributed by atoms with Crippen LogP contribution in [0, 0.1) is 0 Å². The number of benzene rings is 1. The first-order valence-electron chi connectivity index (χ1n) is 3.60. The molecule has 2 N–H and O–H groups in total.